The fourth-order valence-corrected chi connectivity index (χ4v) is 3.08. The van der Waals surface area contributed by atoms with Gasteiger partial charge in [0.2, 0.25) is 0 Å². The Morgan fingerprint density at radius 1 is 1.00 bits per heavy atom. The van der Waals surface area contributed by atoms with E-state index in [-0.39, 0.29) is 0 Å². The maximum Gasteiger partial charge on any atom is 0.118 e. The molecule has 0 bridgehead atoms. The van der Waals surface area contributed by atoms with Crippen LogP contribution in [0, 0.1) is 0 Å². The van der Waals surface area contributed by atoms with Gasteiger partial charge in [-0.1, -0.05) is 75.7 Å². The van der Waals surface area contributed by atoms with Crippen LogP contribution in [-0.4, -0.2) is 15.3 Å². The number of halogens is 2. The van der Waals surface area contributed by atoms with Gasteiger partial charge in [-0.25, -0.2) is 0 Å². The maximum atomic E-state index is 9.70. The first-order chi connectivity index (χ1) is 8.74. The molecular formula is C15H22Br2O. The molecule has 0 radical (unpaired) electrons. The third-order valence-electron chi connectivity index (χ3n) is 3.08. The molecule has 18 heavy (non-hydrogen) atoms. The number of hydrogen-bond acceptors (Lipinski definition) is 1. The molecule has 0 aromatic heterocycles. The van der Waals surface area contributed by atoms with Crippen molar-refractivity contribution in [1.82, 2.24) is 0 Å². The van der Waals surface area contributed by atoms with Gasteiger partial charge in [0.05, 0.1) is 0 Å². The van der Waals surface area contributed by atoms with Gasteiger partial charge in [-0.05, 0) is 30.9 Å². The van der Waals surface area contributed by atoms with Crippen LogP contribution in [0.2, 0.25) is 0 Å². The molecule has 0 aliphatic carbocycles. The molecule has 1 rings (SSSR count). The second kappa shape index (κ2) is 9.85. The minimum atomic E-state index is 0.416. The average molecular weight is 378 g/mol. The van der Waals surface area contributed by atoms with Crippen LogP contribution < -0.4 is 0 Å². The van der Waals surface area contributed by atoms with E-state index in [1.165, 1.54) is 38.5 Å². The van der Waals surface area contributed by atoms with Crippen molar-refractivity contribution in [3.63, 3.8) is 0 Å². The van der Waals surface area contributed by atoms with E-state index in [4.69, 9.17) is 0 Å². The van der Waals surface area contributed by atoms with Crippen LogP contribution in [0.4, 0.5) is 0 Å². The molecule has 0 saturated heterocycles. The number of unbranched alkanes of at least 4 members (excludes halogenated alkanes) is 4. The number of benzene rings is 1. The first-order valence-corrected chi connectivity index (χ1v) is 8.74. The molecule has 0 heterocycles. The van der Waals surface area contributed by atoms with Crippen LogP contribution in [0.25, 0.3) is 0 Å². The van der Waals surface area contributed by atoms with Crippen molar-refractivity contribution >= 4 is 31.9 Å². The molecule has 0 saturated carbocycles. The first kappa shape index (κ1) is 16.0. The van der Waals surface area contributed by atoms with Gasteiger partial charge in [0.15, 0.2) is 0 Å². The third-order valence-corrected chi connectivity index (χ3v) is 4.43. The van der Waals surface area contributed by atoms with E-state index in [1.807, 2.05) is 18.2 Å². The van der Waals surface area contributed by atoms with Crippen molar-refractivity contribution < 1.29 is 5.11 Å². The second-order valence-electron chi connectivity index (χ2n) is 4.68. The van der Waals surface area contributed by atoms with E-state index < -0.39 is 0 Å². The Bertz CT molecular complexity index is 328. The molecule has 102 valence electrons. The molecule has 3 heteroatoms. The van der Waals surface area contributed by atoms with Gasteiger partial charge >= 0.3 is 0 Å². The van der Waals surface area contributed by atoms with Crippen molar-refractivity contribution in [2.24, 2.45) is 0 Å². The summed E-state index contributed by atoms with van der Waals surface area (Å²) >= 11 is 7.17. The molecule has 1 aromatic carbocycles. The summed E-state index contributed by atoms with van der Waals surface area (Å²) in [5.74, 6) is 0.416. The number of phenolic OH excluding ortho intramolecular Hbond substituents is 1. The lowest BCUT2D eigenvalue weighted by molar-refractivity contribution is 0.466. The Balaban J connectivity index is 2.14. The molecule has 0 aliphatic heterocycles. The second-order valence-corrected chi connectivity index (χ2v) is 6.76. The largest absolute Gasteiger partial charge is 0.508 e. The number of rotatable bonds is 9. The fraction of sp³-hybridized carbons (Fsp3) is 0.600. The van der Waals surface area contributed by atoms with Gasteiger partial charge in [0.1, 0.15) is 5.75 Å². The summed E-state index contributed by atoms with van der Waals surface area (Å²) in [6.45, 7) is 0. The molecule has 0 aliphatic rings. The minimum absolute atomic E-state index is 0.416. The van der Waals surface area contributed by atoms with Crippen molar-refractivity contribution in [3.05, 3.63) is 29.8 Å². The van der Waals surface area contributed by atoms with Crippen molar-refractivity contribution in [3.8, 4) is 5.75 Å². The Morgan fingerprint density at radius 3 is 2.39 bits per heavy atom. The normalized spacial score (nSPS) is 12.6. The summed E-state index contributed by atoms with van der Waals surface area (Å²) < 4.78 is 0. The van der Waals surface area contributed by atoms with Crippen LogP contribution >= 0.6 is 31.9 Å². The minimum Gasteiger partial charge on any atom is -0.508 e. The van der Waals surface area contributed by atoms with Crippen LogP contribution in [0.15, 0.2) is 24.3 Å². The highest BCUT2D eigenvalue weighted by Crippen LogP contribution is 2.23. The van der Waals surface area contributed by atoms with E-state index in [2.05, 4.69) is 31.9 Å². The van der Waals surface area contributed by atoms with E-state index in [9.17, 15) is 5.11 Å². The molecule has 0 fully saturated rings. The molecular weight excluding hydrogens is 356 g/mol. The van der Waals surface area contributed by atoms with Crippen molar-refractivity contribution in [1.29, 1.82) is 0 Å². The smallest absolute Gasteiger partial charge is 0.118 e. The standard InChI is InChI=1S/C15H22Br2O/c16-11-7-3-1-2-4-9-14(17)12-13-8-5-6-10-15(13)18/h5-6,8,10,14,18H,1-4,7,9,11-12H2. The van der Waals surface area contributed by atoms with Crippen LogP contribution in [-0.2, 0) is 6.42 Å². The Hall–Kier alpha value is -0.0200. The third kappa shape index (κ3) is 6.79. The zero-order chi connectivity index (χ0) is 13.2. The Morgan fingerprint density at radius 2 is 1.67 bits per heavy atom. The van der Waals surface area contributed by atoms with Crippen molar-refractivity contribution in [2.45, 2.75) is 49.8 Å². The molecule has 0 spiro atoms. The van der Waals surface area contributed by atoms with Crippen LogP contribution in [0.3, 0.4) is 0 Å². The van der Waals surface area contributed by atoms with E-state index in [0.717, 1.165) is 17.3 Å². The molecule has 1 N–H and O–H groups in total. The molecule has 1 nitrogen and oxygen atoms in total. The summed E-state index contributed by atoms with van der Waals surface area (Å²) in [5.41, 5.74) is 1.04. The molecule has 0 amide bonds. The fourth-order valence-electron chi connectivity index (χ4n) is 2.01. The number of para-hydroxylation sites is 1. The SMILES string of the molecule is Oc1ccccc1CC(Br)CCCCCCCBr. The van der Waals surface area contributed by atoms with Crippen molar-refractivity contribution in [2.75, 3.05) is 5.33 Å². The van der Waals surface area contributed by atoms with Crippen LogP contribution in [0.5, 0.6) is 5.75 Å². The monoisotopic (exact) mass is 376 g/mol. The molecule has 1 atom stereocenters. The summed E-state index contributed by atoms with van der Waals surface area (Å²) in [6.07, 6.45) is 8.63. The molecule has 1 unspecified atom stereocenters. The summed E-state index contributed by atoms with van der Waals surface area (Å²) in [6, 6.07) is 7.61. The summed E-state index contributed by atoms with van der Waals surface area (Å²) in [4.78, 5) is 0.474. The number of phenols is 1. The van der Waals surface area contributed by atoms with Gasteiger partial charge in [0, 0.05) is 10.2 Å². The van der Waals surface area contributed by atoms with Gasteiger partial charge in [-0.15, -0.1) is 0 Å². The van der Waals surface area contributed by atoms with Crippen LogP contribution in [0.1, 0.15) is 44.1 Å². The van der Waals surface area contributed by atoms with Gasteiger partial charge < -0.3 is 5.11 Å². The van der Waals surface area contributed by atoms with Gasteiger partial charge in [-0.3, -0.25) is 0 Å². The Kier molecular flexibility index (Phi) is 8.78. The highest BCUT2D eigenvalue weighted by molar-refractivity contribution is 9.09. The predicted molar refractivity (Wildman–Crippen MR) is 86.0 cm³/mol. The highest BCUT2D eigenvalue weighted by atomic mass is 79.9. The van der Waals surface area contributed by atoms with E-state index in [1.54, 1.807) is 6.07 Å². The first-order valence-electron chi connectivity index (χ1n) is 6.71. The lowest BCUT2D eigenvalue weighted by Crippen LogP contribution is -2.02. The topological polar surface area (TPSA) is 20.2 Å². The van der Waals surface area contributed by atoms with Gasteiger partial charge in [0.25, 0.3) is 0 Å². The predicted octanol–water partition coefficient (Wildman–Crippen LogP) is 5.43. The van der Waals surface area contributed by atoms with E-state index >= 15 is 0 Å². The highest BCUT2D eigenvalue weighted by Gasteiger charge is 2.08. The quantitative estimate of drug-likeness (QED) is 0.449. The Labute approximate surface area is 127 Å². The number of aromatic hydroxyl groups is 1. The lowest BCUT2D eigenvalue weighted by atomic mass is 10.0. The summed E-state index contributed by atoms with van der Waals surface area (Å²) in [7, 11) is 0. The zero-order valence-corrected chi connectivity index (χ0v) is 13.9. The molecule has 1 aromatic rings. The average Bonchev–Trinajstić information content (AvgIpc) is 2.36. The number of hydrogen-bond donors (Lipinski definition) is 1. The van der Waals surface area contributed by atoms with E-state index in [0.29, 0.717) is 10.6 Å². The van der Waals surface area contributed by atoms with Gasteiger partial charge in [-0.2, -0.15) is 0 Å². The zero-order valence-electron chi connectivity index (χ0n) is 10.7. The lowest BCUT2D eigenvalue weighted by Gasteiger charge is -2.10. The maximum absolute atomic E-state index is 9.70. The number of alkyl halides is 2. The summed E-state index contributed by atoms with van der Waals surface area (Å²) in [5, 5.41) is 10.8.